The summed E-state index contributed by atoms with van der Waals surface area (Å²) in [6.45, 7) is 9.84. The quantitative estimate of drug-likeness (QED) is 0.456. The minimum absolute atomic E-state index is 0.398. The lowest BCUT2D eigenvalue weighted by Crippen LogP contribution is -2.51. The van der Waals surface area contributed by atoms with Crippen molar-refractivity contribution in [2.75, 3.05) is 31.6 Å². The van der Waals surface area contributed by atoms with Crippen molar-refractivity contribution in [2.24, 2.45) is 0 Å². The third-order valence-corrected chi connectivity index (χ3v) is 4.93. The van der Waals surface area contributed by atoms with Crippen molar-refractivity contribution < 1.29 is 33.8 Å². The van der Waals surface area contributed by atoms with E-state index in [0.29, 0.717) is 37.6 Å². The summed E-state index contributed by atoms with van der Waals surface area (Å²) in [5, 5.41) is 18.0. The summed E-state index contributed by atoms with van der Waals surface area (Å²) < 4.78 is 10.3. The van der Waals surface area contributed by atoms with Crippen LogP contribution in [0.1, 0.15) is 46.3 Å². The molecule has 0 aliphatic carbocycles. The van der Waals surface area contributed by atoms with Crippen molar-refractivity contribution in [2.45, 2.75) is 58.4 Å². The van der Waals surface area contributed by atoms with Gasteiger partial charge in [-0.25, -0.2) is 4.79 Å². The number of aliphatic hydroxyl groups is 1. The zero-order valence-corrected chi connectivity index (χ0v) is 20.2. The van der Waals surface area contributed by atoms with Crippen molar-refractivity contribution in [1.82, 2.24) is 15.5 Å². The van der Waals surface area contributed by atoms with Gasteiger partial charge in [0.25, 0.3) is 5.91 Å². The Bertz CT molecular complexity index is 876. The van der Waals surface area contributed by atoms with Gasteiger partial charge in [-0.2, -0.15) is 0 Å². The van der Waals surface area contributed by atoms with Gasteiger partial charge in [0.2, 0.25) is 11.8 Å². The molecule has 3 atom stereocenters. The first-order valence-corrected chi connectivity index (χ1v) is 11.1. The van der Waals surface area contributed by atoms with E-state index in [0.717, 1.165) is 0 Å². The van der Waals surface area contributed by atoms with E-state index in [1.165, 1.54) is 13.8 Å². The number of morpholine rings is 1. The molecule has 1 aliphatic rings. The van der Waals surface area contributed by atoms with Gasteiger partial charge in [0.05, 0.1) is 13.2 Å². The number of carbonyl (C=O) groups is 4. The molecule has 1 unspecified atom stereocenters. The first-order valence-electron chi connectivity index (χ1n) is 11.1. The van der Waals surface area contributed by atoms with Crippen molar-refractivity contribution in [3.8, 4) is 0 Å². The molecule has 11 heteroatoms. The topological polar surface area (TPSA) is 146 Å². The van der Waals surface area contributed by atoms with Crippen LogP contribution in [-0.2, 0) is 23.9 Å². The molecule has 0 aromatic heterocycles. The third kappa shape index (κ3) is 8.31. The number of ether oxygens (including phenoxy) is 2. The highest BCUT2D eigenvalue weighted by molar-refractivity contribution is 5.98. The van der Waals surface area contributed by atoms with Crippen molar-refractivity contribution in [1.29, 1.82) is 0 Å². The number of aliphatic hydroxyl groups excluding tert-OH is 1. The van der Waals surface area contributed by atoms with Crippen LogP contribution in [-0.4, -0.2) is 77.8 Å². The molecule has 1 aromatic rings. The highest BCUT2D eigenvalue weighted by Gasteiger charge is 2.26. The van der Waals surface area contributed by atoms with Crippen molar-refractivity contribution in [3.63, 3.8) is 0 Å². The molecule has 34 heavy (non-hydrogen) atoms. The van der Waals surface area contributed by atoms with E-state index < -0.39 is 47.6 Å². The summed E-state index contributed by atoms with van der Waals surface area (Å²) in [6.07, 6.45) is -2.04. The lowest BCUT2D eigenvalue weighted by atomic mass is 10.1. The van der Waals surface area contributed by atoms with Crippen LogP contribution in [0.5, 0.6) is 0 Å². The molecule has 4 amide bonds. The first-order chi connectivity index (χ1) is 15.9. The molecule has 188 valence electrons. The number of amides is 4. The Morgan fingerprint density at radius 3 is 2.09 bits per heavy atom. The van der Waals surface area contributed by atoms with Crippen LogP contribution in [0.4, 0.5) is 10.5 Å². The number of hydrogen-bond acceptors (Lipinski definition) is 7. The Labute approximate surface area is 199 Å². The van der Waals surface area contributed by atoms with E-state index >= 15 is 0 Å². The Hall–Kier alpha value is -3.18. The number of alkyl carbamates (subject to hydrolysis) is 1. The fraction of sp³-hybridized carbons (Fsp3) is 0.565. The number of carbonyl (C=O) groups excluding carboxylic acids is 4. The predicted molar refractivity (Wildman–Crippen MR) is 124 cm³/mol. The average Bonchev–Trinajstić information content (AvgIpc) is 2.77. The molecule has 0 spiro atoms. The Morgan fingerprint density at radius 1 is 0.971 bits per heavy atom. The molecule has 0 radical (unpaired) electrons. The molecule has 1 aromatic carbocycles. The molecule has 11 nitrogen and oxygen atoms in total. The Kier molecular flexibility index (Phi) is 9.39. The molecule has 0 bridgehead atoms. The average molecular weight is 479 g/mol. The van der Waals surface area contributed by atoms with Crippen LogP contribution >= 0.6 is 0 Å². The molecule has 1 aliphatic heterocycles. The van der Waals surface area contributed by atoms with E-state index in [-0.39, 0.29) is 0 Å². The maximum Gasteiger partial charge on any atom is 0.408 e. The summed E-state index contributed by atoms with van der Waals surface area (Å²) >= 11 is 0. The minimum Gasteiger partial charge on any atom is -0.444 e. The smallest absolute Gasteiger partial charge is 0.408 e. The van der Waals surface area contributed by atoms with E-state index in [2.05, 4.69) is 16.0 Å². The van der Waals surface area contributed by atoms with Gasteiger partial charge in [-0.05, 0) is 52.3 Å². The Morgan fingerprint density at radius 2 is 1.53 bits per heavy atom. The van der Waals surface area contributed by atoms with Gasteiger partial charge in [-0.3, -0.25) is 14.4 Å². The summed E-state index contributed by atoms with van der Waals surface area (Å²) in [5.74, 6) is -1.42. The van der Waals surface area contributed by atoms with Gasteiger partial charge in [0.15, 0.2) is 6.10 Å². The second-order valence-corrected chi connectivity index (χ2v) is 9.05. The van der Waals surface area contributed by atoms with Crippen LogP contribution < -0.4 is 16.0 Å². The summed E-state index contributed by atoms with van der Waals surface area (Å²) in [7, 11) is 0. The van der Waals surface area contributed by atoms with Crippen LogP contribution in [0.3, 0.4) is 0 Å². The normalized spacial score (nSPS) is 16.6. The van der Waals surface area contributed by atoms with Crippen molar-refractivity contribution in [3.05, 3.63) is 29.8 Å². The van der Waals surface area contributed by atoms with E-state index in [4.69, 9.17) is 9.47 Å². The second kappa shape index (κ2) is 11.8. The second-order valence-electron chi connectivity index (χ2n) is 9.05. The maximum atomic E-state index is 12.5. The summed E-state index contributed by atoms with van der Waals surface area (Å²) in [5.41, 5.74) is 0.133. The third-order valence-electron chi connectivity index (χ3n) is 4.93. The molecular formula is C23H34N4O7. The number of nitrogens with one attached hydrogen (secondary N) is 3. The van der Waals surface area contributed by atoms with Gasteiger partial charge in [-0.15, -0.1) is 0 Å². The number of nitrogens with zero attached hydrogens (tertiary/aromatic N) is 1. The van der Waals surface area contributed by atoms with Crippen LogP contribution in [0.2, 0.25) is 0 Å². The van der Waals surface area contributed by atoms with Gasteiger partial charge in [0.1, 0.15) is 17.7 Å². The van der Waals surface area contributed by atoms with Crippen LogP contribution in [0.15, 0.2) is 24.3 Å². The minimum atomic E-state index is -1.31. The predicted octanol–water partition coefficient (Wildman–Crippen LogP) is 0.935. The zero-order chi connectivity index (χ0) is 25.5. The van der Waals surface area contributed by atoms with Crippen LogP contribution in [0.25, 0.3) is 0 Å². The molecule has 0 saturated carbocycles. The molecule has 1 saturated heterocycles. The lowest BCUT2D eigenvalue weighted by molar-refractivity contribution is -0.144. The monoisotopic (exact) mass is 478 g/mol. The molecule has 4 N–H and O–H groups in total. The highest BCUT2D eigenvalue weighted by atomic mass is 16.6. The van der Waals surface area contributed by atoms with Crippen LogP contribution in [0, 0.1) is 0 Å². The standard InChI is InChI=1S/C23H34N4O7/c1-14(24-19(29)15(2)25-22(32)34-23(3,4)5)20(30)26-17-8-6-16(7-9-17)18(28)21(31)27-10-12-33-13-11-27/h6-9,14-15,18,28H,10-13H2,1-5H3,(H,24,29)(H,25,32)(H,26,30)/t14-,15-,18?/m0/s1. The SMILES string of the molecule is C[C@H](NC(=O)OC(C)(C)C)C(=O)N[C@@H](C)C(=O)Nc1ccc(C(O)C(=O)N2CCOCC2)cc1. The number of rotatable bonds is 7. The van der Waals surface area contributed by atoms with E-state index in [1.807, 2.05) is 0 Å². The largest absolute Gasteiger partial charge is 0.444 e. The van der Waals surface area contributed by atoms with Gasteiger partial charge >= 0.3 is 6.09 Å². The molecule has 2 rings (SSSR count). The van der Waals surface area contributed by atoms with Gasteiger partial charge < -0.3 is 35.4 Å². The van der Waals surface area contributed by atoms with E-state index in [9.17, 15) is 24.3 Å². The molecular weight excluding hydrogens is 444 g/mol. The lowest BCUT2D eigenvalue weighted by Gasteiger charge is -2.28. The first kappa shape index (κ1) is 27.1. The highest BCUT2D eigenvalue weighted by Crippen LogP contribution is 2.19. The Balaban J connectivity index is 1.85. The zero-order valence-electron chi connectivity index (χ0n) is 20.2. The number of benzene rings is 1. The molecule has 1 heterocycles. The molecule has 1 fully saturated rings. The summed E-state index contributed by atoms with van der Waals surface area (Å²) in [6, 6.07) is 4.43. The fourth-order valence-corrected chi connectivity index (χ4v) is 3.05. The maximum absolute atomic E-state index is 12.5. The van der Waals surface area contributed by atoms with Gasteiger partial charge in [0, 0.05) is 18.8 Å². The van der Waals surface area contributed by atoms with Gasteiger partial charge in [-0.1, -0.05) is 12.1 Å². The fourth-order valence-electron chi connectivity index (χ4n) is 3.05. The number of anilines is 1. The van der Waals surface area contributed by atoms with E-state index in [1.54, 1.807) is 49.9 Å². The summed E-state index contributed by atoms with van der Waals surface area (Å²) in [4.78, 5) is 50.5. The number of hydrogen-bond donors (Lipinski definition) is 4. The van der Waals surface area contributed by atoms with Crippen molar-refractivity contribution >= 4 is 29.5 Å².